The average Bonchev–Trinajstić information content (AvgIpc) is 2.73. The second-order valence-electron chi connectivity index (χ2n) is 5.37. The molecule has 0 spiro atoms. The Hall–Kier alpha value is -1.06. The molecule has 0 saturated carbocycles. The van der Waals surface area contributed by atoms with Gasteiger partial charge >= 0.3 is 0 Å². The Morgan fingerprint density at radius 1 is 1.15 bits per heavy atom. The summed E-state index contributed by atoms with van der Waals surface area (Å²) in [6.07, 6.45) is 5.76. The molecule has 0 aliphatic carbocycles. The van der Waals surface area contributed by atoms with Crippen molar-refractivity contribution < 1.29 is 4.79 Å². The molecule has 1 aromatic carbocycles. The molecule has 1 aliphatic heterocycles. The average molecular weight is 295 g/mol. The lowest BCUT2D eigenvalue weighted by atomic mass is 10.2. The zero-order valence-electron chi connectivity index (χ0n) is 11.9. The molecule has 4 heteroatoms. The molecule has 20 heavy (non-hydrogen) atoms. The van der Waals surface area contributed by atoms with E-state index in [0.29, 0.717) is 18.0 Å². The van der Waals surface area contributed by atoms with Gasteiger partial charge in [-0.3, -0.25) is 4.79 Å². The number of halogens is 1. The summed E-state index contributed by atoms with van der Waals surface area (Å²) in [4.78, 5) is 14.3. The predicted octanol–water partition coefficient (Wildman–Crippen LogP) is 3.22. The first-order valence-electron chi connectivity index (χ1n) is 7.48. The molecule has 2 rings (SSSR count). The number of likely N-dealkylation sites (tertiary alicyclic amines) is 1. The zero-order valence-corrected chi connectivity index (χ0v) is 12.7. The van der Waals surface area contributed by atoms with Crippen LogP contribution in [0.3, 0.4) is 0 Å². The molecule has 0 atom stereocenters. The van der Waals surface area contributed by atoms with E-state index in [-0.39, 0.29) is 5.91 Å². The summed E-state index contributed by atoms with van der Waals surface area (Å²) in [5.74, 6) is 0.106. The van der Waals surface area contributed by atoms with Crippen LogP contribution in [0.2, 0.25) is 5.02 Å². The van der Waals surface area contributed by atoms with Crippen LogP contribution in [0.5, 0.6) is 0 Å². The third-order valence-corrected chi connectivity index (χ3v) is 4.16. The summed E-state index contributed by atoms with van der Waals surface area (Å²) in [5, 5.41) is 3.65. The van der Waals surface area contributed by atoms with Crippen LogP contribution in [-0.4, -0.2) is 30.4 Å². The van der Waals surface area contributed by atoms with Gasteiger partial charge in [-0.15, -0.1) is 0 Å². The van der Waals surface area contributed by atoms with Gasteiger partial charge in [-0.2, -0.15) is 0 Å². The fourth-order valence-corrected chi connectivity index (χ4v) is 2.75. The Balaban J connectivity index is 1.69. The molecule has 1 fully saturated rings. The SMILES string of the molecule is O=C(CCN1CCCCCC1)NCc1ccccc1Cl. The van der Waals surface area contributed by atoms with Gasteiger partial charge in [-0.05, 0) is 37.6 Å². The zero-order chi connectivity index (χ0) is 14.2. The number of carbonyl (C=O) groups is 1. The van der Waals surface area contributed by atoms with Gasteiger partial charge in [0.1, 0.15) is 0 Å². The van der Waals surface area contributed by atoms with Crippen molar-refractivity contribution in [3.8, 4) is 0 Å². The second kappa shape index (κ2) is 8.28. The molecule has 0 unspecified atom stereocenters. The van der Waals surface area contributed by atoms with Gasteiger partial charge in [0.2, 0.25) is 5.91 Å². The topological polar surface area (TPSA) is 32.3 Å². The van der Waals surface area contributed by atoms with Crippen LogP contribution in [0, 0.1) is 0 Å². The molecule has 1 aliphatic rings. The molecule has 1 amide bonds. The minimum absolute atomic E-state index is 0.106. The van der Waals surface area contributed by atoms with Crippen LogP contribution in [0.15, 0.2) is 24.3 Å². The van der Waals surface area contributed by atoms with Crippen molar-refractivity contribution in [1.29, 1.82) is 0 Å². The van der Waals surface area contributed by atoms with E-state index in [1.807, 2.05) is 24.3 Å². The lowest BCUT2D eigenvalue weighted by Gasteiger charge is -2.19. The molecule has 110 valence electrons. The van der Waals surface area contributed by atoms with Crippen molar-refractivity contribution in [2.45, 2.75) is 38.6 Å². The van der Waals surface area contributed by atoms with Gasteiger partial charge in [-0.25, -0.2) is 0 Å². The van der Waals surface area contributed by atoms with Crippen LogP contribution >= 0.6 is 11.6 Å². The Bertz CT molecular complexity index is 428. The number of rotatable bonds is 5. The summed E-state index contributed by atoms with van der Waals surface area (Å²) in [7, 11) is 0. The normalized spacial score (nSPS) is 16.6. The van der Waals surface area contributed by atoms with E-state index in [9.17, 15) is 4.79 Å². The highest BCUT2D eigenvalue weighted by molar-refractivity contribution is 6.31. The summed E-state index contributed by atoms with van der Waals surface area (Å²) < 4.78 is 0. The first-order chi connectivity index (χ1) is 9.75. The maximum atomic E-state index is 11.9. The Labute approximate surface area is 126 Å². The van der Waals surface area contributed by atoms with Gasteiger partial charge in [0.25, 0.3) is 0 Å². The number of nitrogens with zero attached hydrogens (tertiary/aromatic N) is 1. The van der Waals surface area contributed by atoms with Crippen molar-refractivity contribution in [3.05, 3.63) is 34.9 Å². The van der Waals surface area contributed by atoms with E-state index in [1.54, 1.807) is 0 Å². The monoisotopic (exact) mass is 294 g/mol. The highest BCUT2D eigenvalue weighted by Crippen LogP contribution is 2.14. The van der Waals surface area contributed by atoms with Crippen LogP contribution in [0.25, 0.3) is 0 Å². The van der Waals surface area contributed by atoms with Crippen LogP contribution in [0.4, 0.5) is 0 Å². The standard InChI is InChI=1S/C16H23ClN2O/c17-15-8-4-3-7-14(15)13-18-16(20)9-12-19-10-5-1-2-6-11-19/h3-4,7-8H,1-2,5-6,9-13H2,(H,18,20). The van der Waals surface area contributed by atoms with E-state index >= 15 is 0 Å². The lowest BCUT2D eigenvalue weighted by Crippen LogP contribution is -2.31. The largest absolute Gasteiger partial charge is 0.352 e. The lowest BCUT2D eigenvalue weighted by molar-refractivity contribution is -0.121. The highest BCUT2D eigenvalue weighted by atomic mass is 35.5. The van der Waals surface area contributed by atoms with Crippen molar-refractivity contribution >= 4 is 17.5 Å². The maximum Gasteiger partial charge on any atom is 0.221 e. The van der Waals surface area contributed by atoms with Crippen molar-refractivity contribution in [2.75, 3.05) is 19.6 Å². The van der Waals surface area contributed by atoms with Crippen molar-refractivity contribution in [1.82, 2.24) is 10.2 Å². The minimum Gasteiger partial charge on any atom is -0.352 e. The predicted molar refractivity (Wildman–Crippen MR) is 82.8 cm³/mol. The molecule has 1 N–H and O–H groups in total. The number of hydrogen-bond donors (Lipinski definition) is 1. The van der Waals surface area contributed by atoms with E-state index in [2.05, 4.69) is 10.2 Å². The van der Waals surface area contributed by atoms with E-state index < -0.39 is 0 Å². The van der Waals surface area contributed by atoms with Crippen LogP contribution in [-0.2, 0) is 11.3 Å². The van der Waals surface area contributed by atoms with Gasteiger partial charge in [0, 0.05) is 24.5 Å². The van der Waals surface area contributed by atoms with E-state index in [4.69, 9.17) is 11.6 Å². The smallest absolute Gasteiger partial charge is 0.221 e. The third-order valence-electron chi connectivity index (χ3n) is 3.79. The van der Waals surface area contributed by atoms with Gasteiger partial charge in [-0.1, -0.05) is 42.6 Å². The third kappa shape index (κ3) is 5.14. The van der Waals surface area contributed by atoms with Crippen molar-refractivity contribution in [2.24, 2.45) is 0 Å². The quantitative estimate of drug-likeness (QED) is 0.904. The first kappa shape index (κ1) is 15.3. The molecular formula is C16H23ClN2O. The number of carbonyl (C=O) groups excluding carboxylic acids is 1. The summed E-state index contributed by atoms with van der Waals surface area (Å²) >= 11 is 6.07. The fraction of sp³-hybridized carbons (Fsp3) is 0.562. The second-order valence-corrected chi connectivity index (χ2v) is 5.78. The Kier molecular flexibility index (Phi) is 6.34. The molecule has 3 nitrogen and oxygen atoms in total. The molecule has 0 bridgehead atoms. The Morgan fingerprint density at radius 2 is 1.85 bits per heavy atom. The number of benzene rings is 1. The summed E-state index contributed by atoms with van der Waals surface area (Å²) in [6.45, 7) is 3.66. The van der Waals surface area contributed by atoms with Crippen molar-refractivity contribution in [3.63, 3.8) is 0 Å². The number of amides is 1. The molecule has 1 heterocycles. The molecule has 1 aromatic rings. The molecular weight excluding hydrogens is 272 g/mol. The molecule has 1 saturated heterocycles. The number of hydrogen-bond acceptors (Lipinski definition) is 2. The summed E-state index contributed by atoms with van der Waals surface area (Å²) in [5.41, 5.74) is 0.970. The molecule has 0 radical (unpaired) electrons. The fourth-order valence-electron chi connectivity index (χ4n) is 2.54. The first-order valence-corrected chi connectivity index (χ1v) is 7.86. The Morgan fingerprint density at radius 3 is 2.55 bits per heavy atom. The summed E-state index contributed by atoms with van der Waals surface area (Å²) in [6, 6.07) is 7.62. The maximum absolute atomic E-state index is 11.9. The van der Waals surface area contributed by atoms with Gasteiger partial charge < -0.3 is 10.2 Å². The van der Waals surface area contributed by atoms with E-state index in [0.717, 1.165) is 25.2 Å². The van der Waals surface area contributed by atoms with Gasteiger partial charge in [0.15, 0.2) is 0 Å². The molecule has 0 aromatic heterocycles. The van der Waals surface area contributed by atoms with Crippen LogP contribution in [0.1, 0.15) is 37.7 Å². The van der Waals surface area contributed by atoms with Gasteiger partial charge in [0.05, 0.1) is 0 Å². The van der Waals surface area contributed by atoms with E-state index in [1.165, 1.54) is 25.7 Å². The highest BCUT2D eigenvalue weighted by Gasteiger charge is 2.11. The van der Waals surface area contributed by atoms with Crippen LogP contribution < -0.4 is 5.32 Å². The minimum atomic E-state index is 0.106. The number of nitrogens with one attached hydrogen (secondary N) is 1.